The quantitative estimate of drug-likeness (QED) is 0.780. The Morgan fingerprint density at radius 1 is 0.941 bits per heavy atom. The first-order chi connectivity index (χ1) is 7.68. The van der Waals surface area contributed by atoms with Gasteiger partial charge in [0.15, 0.2) is 5.78 Å². The summed E-state index contributed by atoms with van der Waals surface area (Å²) in [6.45, 7) is 0. The van der Waals surface area contributed by atoms with Crippen LogP contribution >= 0.6 is 0 Å². The number of rotatable bonds is 2. The van der Waals surface area contributed by atoms with Crippen molar-refractivity contribution in [3.8, 4) is 11.5 Å². The Hall–Kier alpha value is -2.29. The predicted molar refractivity (Wildman–Crippen MR) is 66.4 cm³/mol. The van der Waals surface area contributed by atoms with Crippen molar-refractivity contribution in [3.05, 3.63) is 59.7 Å². The third kappa shape index (κ3) is 2.64. The average Bonchev–Trinajstić information content (AvgIpc) is 2.29. The van der Waals surface area contributed by atoms with E-state index < -0.39 is 0 Å². The molecule has 0 aliphatic heterocycles. The first-order valence-electron chi connectivity index (χ1n) is 4.80. The minimum absolute atomic E-state index is 0. The molecule has 2 aromatic carbocycles. The highest BCUT2D eigenvalue weighted by molar-refractivity contribution is 6.10. The SMILES string of the molecule is C.O=C(c1ccccc1)c1ccc(O)cc1O. The molecule has 0 saturated heterocycles. The van der Waals surface area contributed by atoms with Crippen molar-refractivity contribution in [1.82, 2.24) is 0 Å². The van der Waals surface area contributed by atoms with E-state index in [0.717, 1.165) is 6.07 Å². The molecular formula is C14H14O3. The van der Waals surface area contributed by atoms with Crippen LogP contribution in [0, 0.1) is 0 Å². The van der Waals surface area contributed by atoms with Gasteiger partial charge in [0, 0.05) is 11.6 Å². The lowest BCUT2D eigenvalue weighted by molar-refractivity contribution is 0.103. The van der Waals surface area contributed by atoms with Crippen LogP contribution in [0.1, 0.15) is 23.3 Å². The zero-order valence-corrected chi connectivity index (χ0v) is 8.42. The number of carbonyl (C=O) groups is 1. The standard InChI is InChI=1S/C13H10O3.CH4/c14-10-6-7-11(12(15)8-10)13(16)9-4-2-1-3-5-9;/h1-8,14-15H;1H4. The molecule has 3 heteroatoms. The summed E-state index contributed by atoms with van der Waals surface area (Å²) in [6, 6.07) is 12.6. The topological polar surface area (TPSA) is 57.5 Å². The second-order valence-electron chi connectivity index (χ2n) is 3.40. The van der Waals surface area contributed by atoms with Gasteiger partial charge in [-0.1, -0.05) is 37.8 Å². The van der Waals surface area contributed by atoms with Gasteiger partial charge >= 0.3 is 0 Å². The van der Waals surface area contributed by atoms with Crippen LogP contribution < -0.4 is 0 Å². The van der Waals surface area contributed by atoms with Crippen molar-refractivity contribution in [3.63, 3.8) is 0 Å². The summed E-state index contributed by atoms with van der Waals surface area (Å²) < 4.78 is 0. The molecule has 0 saturated carbocycles. The van der Waals surface area contributed by atoms with Crippen molar-refractivity contribution in [2.75, 3.05) is 0 Å². The summed E-state index contributed by atoms with van der Waals surface area (Å²) in [5.41, 5.74) is 0.687. The molecule has 0 atom stereocenters. The molecular weight excluding hydrogens is 216 g/mol. The van der Waals surface area contributed by atoms with E-state index in [1.54, 1.807) is 24.3 Å². The second-order valence-corrected chi connectivity index (χ2v) is 3.40. The molecule has 0 bridgehead atoms. The Balaban J connectivity index is 0.00000144. The van der Waals surface area contributed by atoms with Crippen molar-refractivity contribution < 1.29 is 15.0 Å². The van der Waals surface area contributed by atoms with Gasteiger partial charge in [-0.25, -0.2) is 0 Å². The Bertz CT molecular complexity index is 518. The summed E-state index contributed by atoms with van der Waals surface area (Å²) in [4.78, 5) is 11.9. The van der Waals surface area contributed by atoms with E-state index >= 15 is 0 Å². The summed E-state index contributed by atoms with van der Waals surface area (Å²) in [5.74, 6) is -0.547. The van der Waals surface area contributed by atoms with E-state index in [1.807, 2.05) is 6.07 Å². The Morgan fingerprint density at radius 3 is 2.18 bits per heavy atom. The molecule has 0 radical (unpaired) electrons. The highest BCUT2D eigenvalue weighted by Crippen LogP contribution is 2.24. The third-order valence-electron chi connectivity index (χ3n) is 2.26. The number of phenolic OH excluding ortho intramolecular Hbond substituents is 2. The van der Waals surface area contributed by atoms with Crippen LogP contribution in [0.4, 0.5) is 0 Å². The van der Waals surface area contributed by atoms with Crippen molar-refractivity contribution in [2.45, 2.75) is 7.43 Å². The van der Waals surface area contributed by atoms with Crippen molar-refractivity contribution in [1.29, 1.82) is 0 Å². The summed E-state index contributed by atoms with van der Waals surface area (Å²) in [5, 5.41) is 18.7. The summed E-state index contributed by atoms with van der Waals surface area (Å²) in [6.07, 6.45) is 0. The normalized spacial score (nSPS) is 9.41. The minimum atomic E-state index is -0.266. The lowest BCUT2D eigenvalue weighted by atomic mass is 10.0. The molecule has 0 heterocycles. The first-order valence-corrected chi connectivity index (χ1v) is 4.80. The van der Waals surface area contributed by atoms with E-state index in [9.17, 15) is 9.90 Å². The number of hydrogen-bond acceptors (Lipinski definition) is 3. The number of hydrogen-bond donors (Lipinski definition) is 2. The molecule has 2 N–H and O–H groups in total. The van der Waals surface area contributed by atoms with E-state index in [0.29, 0.717) is 5.56 Å². The Morgan fingerprint density at radius 2 is 1.59 bits per heavy atom. The zero-order valence-electron chi connectivity index (χ0n) is 8.42. The smallest absolute Gasteiger partial charge is 0.196 e. The fourth-order valence-corrected chi connectivity index (χ4v) is 1.46. The van der Waals surface area contributed by atoms with Gasteiger partial charge in [-0.05, 0) is 12.1 Å². The molecule has 2 rings (SSSR count). The van der Waals surface area contributed by atoms with Crippen LogP contribution in [-0.4, -0.2) is 16.0 Å². The van der Waals surface area contributed by atoms with Gasteiger partial charge in [0.1, 0.15) is 11.5 Å². The van der Waals surface area contributed by atoms with E-state index in [1.165, 1.54) is 12.1 Å². The molecule has 3 nitrogen and oxygen atoms in total. The highest BCUT2D eigenvalue weighted by atomic mass is 16.3. The number of phenols is 2. The fourth-order valence-electron chi connectivity index (χ4n) is 1.46. The van der Waals surface area contributed by atoms with Gasteiger partial charge in [-0.3, -0.25) is 4.79 Å². The van der Waals surface area contributed by atoms with Crippen LogP contribution in [0.3, 0.4) is 0 Å². The van der Waals surface area contributed by atoms with Crippen LogP contribution in [0.25, 0.3) is 0 Å². The van der Waals surface area contributed by atoms with E-state index in [2.05, 4.69) is 0 Å². The monoisotopic (exact) mass is 230 g/mol. The van der Waals surface area contributed by atoms with Gasteiger partial charge < -0.3 is 10.2 Å². The zero-order chi connectivity index (χ0) is 11.5. The second kappa shape index (κ2) is 5.16. The minimum Gasteiger partial charge on any atom is -0.508 e. The maximum Gasteiger partial charge on any atom is 0.196 e. The number of carbonyl (C=O) groups excluding carboxylic acids is 1. The maximum absolute atomic E-state index is 11.9. The molecule has 0 unspecified atom stereocenters. The van der Waals surface area contributed by atoms with Gasteiger partial charge in [0.05, 0.1) is 5.56 Å². The van der Waals surface area contributed by atoms with Crippen molar-refractivity contribution >= 4 is 5.78 Å². The number of benzene rings is 2. The molecule has 0 spiro atoms. The molecule has 0 aliphatic carbocycles. The van der Waals surface area contributed by atoms with Gasteiger partial charge in [-0.2, -0.15) is 0 Å². The van der Waals surface area contributed by atoms with E-state index in [4.69, 9.17) is 5.11 Å². The largest absolute Gasteiger partial charge is 0.508 e. The first kappa shape index (κ1) is 12.8. The summed E-state index contributed by atoms with van der Waals surface area (Å²) in [7, 11) is 0. The number of ketones is 1. The molecule has 0 amide bonds. The van der Waals surface area contributed by atoms with Crippen LogP contribution in [0.15, 0.2) is 48.5 Å². The third-order valence-corrected chi connectivity index (χ3v) is 2.26. The predicted octanol–water partition coefficient (Wildman–Crippen LogP) is 2.96. The summed E-state index contributed by atoms with van der Waals surface area (Å²) >= 11 is 0. The Labute approximate surface area is 100.0 Å². The van der Waals surface area contributed by atoms with Gasteiger partial charge in [0.2, 0.25) is 0 Å². The van der Waals surface area contributed by atoms with Crippen LogP contribution in [0.2, 0.25) is 0 Å². The molecule has 88 valence electrons. The molecule has 2 aromatic rings. The lowest BCUT2D eigenvalue weighted by Crippen LogP contribution is -2.00. The Kier molecular flexibility index (Phi) is 3.88. The molecule has 17 heavy (non-hydrogen) atoms. The van der Waals surface area contributed by atoms with Crippen LogP contribution in [-0.2, 0) is 0 Å². The number of aromatic hydroxyl groups is 2. The molecule has 0 aliphatic rings. The lowest BCUT2D eigenvalue weighted by Gasteiger charge is -2.04. The maximum atomic E-state index is 11.9. The average molecular weight is 230 g/mol. The van der Waals surface area contributed by atoms with Gasteiger partial charge in [-0.15, -0.1) is 0 Å². The fraction of sp³-hybridized carbons (Fsp3) is 0.0714. The molecule has 0 aromatic heterocycles. The van der Waals surface area contributed by atoms with Gasteiger partial charge in [0.25, 0.3) is 0 Å². The van der Waals surface area contributed by atoms with E-state index in [-0.39, 0.29) is 30.3 Å². The molecule has 0 fully saturated rings. The van der Waals surface area contributed by atoms with Crippen molar-refractivity contribution in [2.24, 2.45) is 0 Å². The van der Waals surface area contributed by atoms with Crippen LogP contribution in [0.5, 0.6) is 11.5 Å². The highest BCUT2D eigenvalue weighted by Gasteiger charge is 2.13.